The quantitative estimate of drug-likeness (QED) is 0.367. The summed E-state index contributed by atoms with van der Waals surface area (Å²) in [5.41, 5.74) is 0. The second-order valence-electron chi connectivity index (χ2n) is 0.769. The minimum atomic E-state index is 0.162. The first kappa shape index (κ1) is 5.70. The van der Waals surface area contributed by atoms with Crippen LogP contribution in [0.3, 0.4) is 0 Å². The van der Waals surface area contributed by atoms with E-state index in [-0.39, 0.29) is 4.58 Å². The zero-order valence-electron chi connectivity index (χ0n) is 2.89. The average molecular weight is 107 g/mol. The molecular weight excluding hydrogens is 100 g/mol. The van der Waals surface area contributed by atoms with Crippen molar-refractivity contribution >= 4 is 25.3 Å². The van der Waals surface area contributed by atoms with Gasteiger partial charge in [-0.1, -0.05) is 6.92 Å². The van der Waals surface area contributed by atoms with Crippen LogP contribution in [0.15, 0.2) is 0 Å². The summed E-state index contributed by atoms with van der Waals surface area (Å²) in [5, 5.41) is 0. The van der Waals surface area contributed by atoms with Crippen LogP contribution in [0.5, 0.6) is 0 Å². The van der Waals surface area contributed by atoms with Crippen molar-refractivity contribution in [2.75, 3.05) is 0 Å². The molecule has 0 aliphatic heterocycles. The molecule has 0 bridgehead atoms. The Kier molecular flexibility index (Phi) is 3.32. The first-order valence-electron chi connectivity index (χ1n) is 1.42. The van der Waals surface area contributed by atoms with Gasteiger partial charge in [0, 0.05) is 4.58 Å². The molecule has 0 aliphatic carbocycles. The standard InChI is InChI=1S/C3H7S2/c1-2-3(4)5/h3-5H,1-2H2. The summed E-state index contributed by atoms with van der Waals surface area (Å²) in [7, 11) is 0. The van der Waals surface area contributed by atoms with Gasteiger partial charge in [-0.15, -0.1) is 0 Å². The summed E-state index contributed by atoms with van der Waals surface area (Å²) in [4.78, 5) is 0. The molecule has 0 saturated heterocycles. The molecule has 0 aromatic rings. The lowest BCUT2D eigenvalue weighted by Gasteiger charge is -1.88. The Bertz CT molecular complexity index is 18.9. The van der Waals surface area contributed by atoms with Crippen LogP contribution in [0.2, 0.25) is 0 Å². The molecule has 0 amide bonds. The maximum atomic E-state index is 3.90. The normalized spacial score (nSPS) is 9.60. The number of thiol groups is 2. The van der Waals surface area contributed by atoms with E-state index in [2.05, 4.69) is 32.2 Å². The van der Waals surface area contributed by atoms with E-state index in [1.54, 1.807) is 0 Å². The van der Waals surface area contributed by atoms with Crippen LogP contribution in [-0.4, -0.2) is 4.58 Å². The maximum Gasteiger partial charge on any atom is 0.0442 e. The van der Waals surface area contributed by atoms with Crippen molar-refractivity contribution in [2.45, 2.75) is 11.0 Å². The van der Waals surface area contributed by atoms with Gasteiger partial charge in [0.2, 0.25) is 0 Å². The highest BCUT2D eigenvalue weighted by atomic mass is 32.2. The molecule has 0 atom stereocenters. The molecule has 0 aliphatic rings. The Hall–Kier alpha value is 0.700. The first-order valence-corrected chi connectivity index (χ1v) is 2.46. The van der Waals surface area contributed by atoms with E-state index in [1.165, 1.54) is 0 Å². The molecular formula is C3H7S2. The molecule has 0 aromatic carbocycles. The van der Waals surface area contributed by atoms with Gasteiger partial charge in [-0.3, -0.25) is 0 Å². The highest BCUT2D eigenvalue weighted by molar-refractivity contribution is 7.99. The van der Waals surface area contributed by atoms with Crippen molar-refractivity contribution in [3.63, 3.8) is 0 Å². The van der Waals surface area contributed by atoms with Crippen LogP contribution < -0.4 is 0 Å². The first-order chi connectivity index (χ1) is 2.27. The maximum absolute atomic E-state index is 3.90. The molecule has 0 unspecified atom stereocenters. The van der Waals surface area contributed by atoms with E-state index < -0.39 is 0 Å². The molecule has 1 radical (unpaired) electrons. The van der Waals surface area contributed by atoms with Crippen LogP contribution >= 0.6 is 25.3 Å². The van der Waals surface area contributed by atoms with E-state index in [0.717, 1.165) is 6.42 Å². The van der Waals surface area contributed by atoms with E-state index >= 15 is 0 Å². The Morgan fingerprint density at radius 1 is 1.60 bits per heavy atom. The van der Waals surface area contributed by atoms with Crippen molar-refractivity contribution in [3.05, 3.63) is 6.92 Å². The lowest BCUT2D eigenvalue weighted by molar-refractivity contribution is 1.20. The molecule has 0 spiro atoms. The van der Waals surface area contributed by atoms with E-state index in [4.69, 9.17) is 0 Å². The predicted molar refractivity (Wildman–Crippen MR) is 31.7 cm³/mol. The lowest BCUT2D eigenvalue weighted by atomic mass is 10.6. The second kappa shape index (κ2) is 2.91. The summed E-state index contributed by atoms with van der Waals surface area (Å²) in [6.07, 6.45) is 0.784. The van der Waals surface area contributed by atoms with Gasteiger partial charge in [0.1, 0.15) is 0 Å². The van der Waals surface area contributed by atoms with Gasteiger partial charge >= 0.3 is 0 Å². The van der Waals surface area contributed by atoms with Crippen molar-refractivity contribution in [2.24, 2.45) is 0 Å². The summed E-state index contributed by atoms with van der Waals surface area (Å²) < 4.78 is 0.162. The summed E-state index contributed by atoms with van der Waals surface area (Å²) in [6.45, 7) is 3.53. The van der Waals surface area contributed by atoms with E-state index in [1.807, 2.05) is 0 Å². The average Bonchev–Trinajstić information content (AvgIpc) is 1.38. The van der Waals surface area contributed by atoms with Crippen molar-refractivity contribution < 1.29 is 0 Å². The van der Waals surface area contributed by atoms with Crippen molar-refractivity contribution in [1.82, 2.24) is 0 Å². The summed E-state index contributed by atoms with van der Waals surface area (Å²) in [5.74, 6) is 0. The van der Waals surface area contributed by atoms with E-state index in [0.29, 0.717) is 0 Å². The topological polar surface area (TPSA) is 0 Å². The number of hydrogen-bond donors (Lipinski definition) is 2. The minimum absolute atomic E-state index is 0.162. The number of hydrogen-bond acceptors (Lipinski definition) is 2. The fourth-order valence-corrected chi connectivity index (χ4v) is 0. The summed E-state index contributed by atoms with van der Waals surface area (Å²) >= 11 is 7.80. The third kappa shape index (κ3) is 4.70. The molecule has 0 N–H and O–H groups in total. The molecule has 0 rings (SSSR count). The summed E-state index contributed by atoms with van der Waals surface area (Å²) in [6, 6.07) is 0. The smallest absolute Gasteiger partial charge is 0.0442 e. The number of rotatable bonds is 1. The molecule has 0 nitrogen and oxygen atoms in total. The van der Waals surface area contributed by atoms with Gasteiger partial charge in [0.25, 0.3) is 0 Å². The van der Waals surface area contributed by atoms with Gasteiger partial charge in [-0.2, -0.15) is 25.3 Å². The molecule has 0 saturated carbocycles. The van der Waals surface area contributed by atoms with Crippen molar-refractivity contribution in [1.29, 1.82) is 0 Å². The van der Waals surface area contributed by atoms with Crippen LogP contribution in [0.25, 0.3) is 0 Å². The van der Waals surface area contributed by atoms with Crippen LogP contribution in [0, 0.1) is 6.92 Å². The molecule has 5 heavy (non-hydrogen) atoms. The van der Waals surface area contributed by atoms with Gasteiger partial charge in [-0.05, 0) is 6.42 Å². The molecule has 0 aromatic heterocycles. The van der Waals surface area contributed by atoms with Gasteiger partial charge < -0.3 is 0 Å². The SMILES string of the molecule is [CH2]CC(S)S. The molecule has 31 valence electrons. The fourth-order valence-electron chi connectivity index (χ4n) is 0. The Morgan fingerprint density at radius 2 is 1.80 bits per heavy atom. The molecule has 0 fully saturated rings. The fraction of sp³-hybridized carbons (Fsp3) is 0.667. The van der Waals surface area contributed by atoms with Gasteiger partial charge in [0.15, 0.2) is 0 Å². The van der Waals surface area contributed by atoms with Crippen molar-refractivity contribution in [3.8, 4) is 0 Å². The predicted octanol–water partition coefficient (Wildman–Crippen LogP) is 1.40. The third-order valence-electron chi connectivity index (χ3n) is 0.258. The zero-order chi connectivity index (χ0) is 4.28. The van der Waals surface area contributed by atoms with Crippen LogP contribution in [0.1, 0.15) is 6.42 Å². The molecule has 2 heteroatoms. The Balaban J connectivity index is 2.54. The van der Waals surface area contributed by atoms with E-state index in [9.17, 15) is 0 Å². The lowest BCUT2D eigenvalue weighted by Crippen LogP contribution is -1.76. The highest BCUT2D eigenvalue weighted by Gasteiger charge is 1.82. The highest BCUT2D eigenvalue weighted by Crippen LogP contribution is 2.01. The van der Waals surface area contributed by atoms with Gasteiger partial charge in [0.05, 0.1) is 0 Å². The van der Waals surface area contributed by atoms with Gasteiger partial charge in [-0.25, -0.2) is 0 Å². The minimum Gasteiger partial charge on any atom is -0.165 e. The third-order valence-corrected chi connectivity index (χ3v) is 0.775. The zero-order valence-corrected chi connectivity index (χ0v) is 4.67. The molecule has 0 heterocycles. The van der Waals surface area contributed by atoms with Crippen LogP contribution in [-0.2, 0) is 0 Å². The van der Waals surface area contributed by atoms with Crippen LogP contribution in [0.4, 0.5) is 0 Å². The Morgan fingerprint density at radius 3 is 1.80 bits per heavy atom. The monoisotopic (exact) mass is 107 g/mol. The second-order valence-corrected chi connectivity index (χ2v) is 2.42. The Labute approximate surface area is 43.8 Å². The largest absolute Gasteiger partial charge is 0.165 e.